The second-order valence-corrected chi connectivity index (χ2v) is 7.90. The first-order chi connectivity index (χ1) is 11.0. The van der Waals surface area contributed by atoms with Crippen molar-refractivity contribution in [1.82, 2.24) is 14.7 Å². The molecule has 0 radical (unpaired) electrons. The first-order valence-corrected chi connectivity index (χ1v) is 9.87. The maximum atomic E-state index is 12.2. The molecular weight excluding hydrogens is 310 g/mol. The molecule has 0 N–H and O–H groups in total. The number of hydrogen-bond acceptors (Lipinski definition) is 3. The van der Waals surface area contributed by atoms with Crippen LogP contribution < -0.4 is 0 Å². The van der Waals surface area contributed by atoms with E-state index in [0.717, 1.165) is 25.8 Å². The molecule has 0 spiro atoms. The van der Waals surface area contributed by atoms with E-state index < -0.39 is 0 Å². The van der Waals surface area contributed by atoms with Gasteiger partial charge in [0.15, 0.2) is 0 Å². The Morgan fingerprint density at radius 3 is 2.39 bits per heavy atom. The molecule has 23 heavy (non-hydrogen) atoms. The molecule has 0 aromatic rings. The quantitative estimate of drug-likeness (QED) is 0.602. The molecule has 2 aliphatic rings. The molecule has 0 bridgehead atoms. The number of rotatable bonds is 9. The van der Waals surface area contributed by atoms with Crippen molar-refractivity contribution in [2.75, 3.05) is 39.3 Å². The zero-order valence-electron chi connectivity index (χ0n) is 15.1. The van der Waals surface area contributed by atoms with Gasteiger partial charge in [0.1, 0.15) is 5.38 Å². The molecule has 5 heteroatoms. The van der Waals surface area contributed by atoms with E-state index in [9.17, 15) is 4.79 Å². The fourth-order valence-electron chi connectivity index (χ4n) is 3.57. The summed E-state index contributed by atoms with van der Waals surface area (Å²) in [5.41, 5.74) is 0. The van der Waals surface area contributed by atoms with Gasteiger partial charge in [-0.2, -0.15) is 0 Å². The molecule has 4 nitrogen and oxygen atoms in total. The van der Waals surface area contributed by atoms with Gasteiger partial charge in [-0.05, 0) is 52.5 Å². The highest BCUT2D eigenvalue weighted by Gasteiger charge is 2.33. The second-order valence-electron chi connectivity index (χ2n) is 7.25. The summed E-state index contributed by atoms with van der Waals surface area (Å²) in [7, 11) is 0. The summed E-state index contributed by atoms with van der Waals surface area (Å²) >= 11 is 5.99. The summed E-state index contributed by atoms with van der Waals surface area (Å²) in [4.78, 5) is 19.4. The lowest BCUT2D eigenvalue weighted by Gasteiger charge is -2.38. The van der Waals surface area contributed by atoms with Crippen LogP contribution in [0.2, 0.25) is 0 Å². The minimum atomic E-state index is -0.389. The second kappa shape index (κ2) is 9.24. The Kier molecular flexibility index (Phi) is 7.64. The third-order valence-corrected chi connectivity index (χ3v) is 5.39. The molecule has 1 amide bonds. The summed E-state index contributed by atoms with van der Waals surface area (Å²) in [5, 5.41) is -0.389. The van der Waals surface area contributed by atoms with E-state index in [4.69, 9.17) is 11.6 Å². The fraction of sp³-hybridized carbons (Fsp3) is 0.944. The third-order valence-electron chi connectivity index (χ3n) is 5.20. The largest absolute Gasteiger partial charge is 0.338 e. The number of halogens is 1. The highest BCUT2D eigenvalue weighted by molar-refractivity contribution is 6.30. The Bertz CT molecular complexity index is 365. The summed E-state index contributed by atoms with van der Waals surface area (Å²) in [5.74, 6) is 0.120. The van der Waals surface area contributed by atoms with Crippen LogP contribution in [0.15, 0.2) is 0 Å². The van der Waals surface area contributed by atoms with Crippen LogP contribution >= 0.6 is 11.6 Å². The van der Waals surface area contributed by atoms with Crippen LogP contribution in [0.25, 0.3) is 0 Å². The van der Waals surface area contributed by atoms with E-state index in [2.05, 4.69) is 23.6 Å². The van der Waals surface area contributed by atoms with Crippen molar-refractivity contribution < 1.29 is 4.79 Å². The molecule has 1 aliphatic carbocycles. The molecule has 1 heterocycles. The maximum absolute atomic E-state index is 12.2. The lowest BCUT2D eigenvalue weighted by Crippen LogP contribution is -2.49. The summed E-state index contributed by atoms with van der Waals surface area (Å²) in [6.07, 6.45) is 5.82. The van der Waals surface area contributed by atoms with E-state index in [0.29, 0.717) is 12.1 Å². The van der Waals surface area contributed by atoms with Gasteiger partial charge in [-0.1, -0.05) is 6.92 Å². The molecule has 2 unspecified atom stereocenters. The average molecular weight is 344 g/mol. The normalized spacial score (nSPS) is 22.8. The van der Waals surface area contributed by atoms with Gasteiger partial charge in [0, 0.05) is 44.8 Å². The first-order valence-electron chi connectivity index (χ1n) is 9.43. The maximum Gasteiger partial charge on any atom is 0.240 e. The predicted molar refractivity (Wildman–Crippen MR) is 97.1 cm³/mol. The zero-order chi connectivity index (χ0) is 16.8. The van der Waals surface area contributed by atoms with Crippen molar-refractivity contribution in [1.29, 1.82) is 0 Å². The Morgan fingerprint density at radius 1 is 1.22 bits per heavy atom. The standard InChI is InChI=1S/C18H34ClN3O/c1-4-9-20-11-13-21(14-12-20)15(2)6-5-10-22(17-7-8-17)18(23)16(3)19/h15-17H,4-14H2,1-3H3. The van der Waals surface area contributed by atoms with Crippen LogP contribution in [0.5, 0.6) is 0 Å². The smallest absolute Gasteiger partial charge is 0.240 e. The average Bonchev–Trinajstić information content (AvgIpc) is 3.36. The molecule has 1 saturated heterocycles. The number of hydrogen-bond donors (Lipinski definition) is 0. The monoisotopic (exact) mass is 343 g/mol. The van der Waals surface area contributed by atoms with Crippen LogP contribution in [0.3, 0.4) is 0 Å². The van der Waals surface area contributed by atoms with Gasteiger partial charge in [-0.15, -0.1) is 11.6 Å². The van der Waals surface area contributed by atoms with Crippen molar-refractivity contribution in [2.45, 2.75) is 70.3 Å². The highest BCUT2D eigenvalue weighted by atomic mass is 35.5. The number of nitrogens with zero attached hydrogens (tertiary/aromatic N) is 3. The summed E-state index contributed by atoms with van der Waals surface area (Å²) < 4.78 is 0. The Hall–Kier alpha value is -0.320. The van der Waals surface area contributed by atoms with Gasteiger partial charge in [-0.25, -0.2) is 0 Å². The summed E-state index contributed by atoms with van der Waals surface area (Å²) in [6.45, 7) is 13.3. The van der Waals surface area contributed by atoms with Gasteiger partial charge >= 0.3 is 0 Å². The van der Waals surface area contributed by atoms with E-state index in [1.165, 1.54) is 45.6 Å². The van der Waals surface area contributed by atoms with Crippen molar-refractivity contribution in [3.05, 3.63) is 0 Å². The van der Waals surface area contributed by atoms with E-state index in [1.54, 1.807) is 6.92 Å². The van der Waals surface area contributed by atoms with Gasteiger partial charge in [0.05, 0.1) is 0 Å². The van der Waals surface area contributed by atoms with Crippen LogP contribution in [0, 0.1) is 0 Å². The van der Waals surface area contributed by atoms with Crippen LogP contribution in [0.4, 0.5) is 0 Å². The van der Waals surface area contributed by atoms with Crippen molar-refractivity contribution in [3.8, 4) is 0 Å². The fourth-order valence-corrected chi connectivity index (χ4v) is 3.70. The number of alkyl halides is 1. The van der Waals surface area contributed by atoms with E-state index in [1.807, 2.05) is 4.90 Å². The molecule has 0 aromatic heterocycles. The molecule has 0 aromatic carbocycles. The van der Waals surface area contributed by atoms with Gasteiger partial charge in [0.25, 0.3) is 0 Å². The lowest BCUT2D eigenvalue weighted by molar-refractivity contribution is -0.131. The van der Waals surface area contributed by atoms with Crippen molar-refractivity contribution in [2.24, 2.45) is 0 Å². The molecule has 2 rings (SSSR count). The van der Waals surface area contributed by atoms with Gasteiger partial charge < -0.3 is 9.80 Å². The van der Waals surface area contributed by atoms with Crippen molar-refractivity contribution >= 4 is 17.5 Å². The third kappa shape index (κ3) is 5.91. The van der Waals surface area contributed by atoms with E-state index in [-0.39, 0.29) is 11.3 Å². The summed E-state index contributed by atoms with van der Waals surface area (Å²) in [6, 6.07) is 1.08. The molecule has 134 valence electrons. The lowest BCUT2D eigenvalue weighted by atomic mass is 10.1. The Morgan fingerprint density at radius 2 is 1.87 bits per heavy atom. The molecular formula is C18H34ClN3O. The Labute approximate surface area is 147 Å². The SMILES string of the molecule is CCCN1CCN(C(C)CCCN(C(=O)C(C)Cl)C2CC2)CC1. The zero-order valence-corrected chi connectivity index (χ0v) is 15.9. The van der Waals surface area contributed by atoms with Gasteiger partial charge in [-0.3, -0.25) is 9.69 Å². The molecule has 2 fully saturated rings. The number of amides is 1. The minimum absolute atomic E-state index is 0.120. The van der Waals surface area contributed by atoms with E-state index >= 15 is 0 Å². The molecule has 1 saturated carbocycles. The predicted octanol–water partition coefficient (Wildman–Crippen LogP) is 2.80. The minimum Gasteiger partial charge on any atom is -0.338 e. The van der Waals surface area contributed by atoms with Crippen molar-refractivity contribution in [3.63, 3.8) is 0 Å². The molecule has 1 aliphatic heterocycles. The van der Waals surface area contributed by atoms with Gasteiger partial charge in [0.2, 0.25) is 5.91 Å². The number of piperazine rings is 1. The first kappa shape index (κ1) is 19.0. The Balaban J connectivity index is 1.68. The number of carbonyl (C=O) groups excluding carboxylic acids is 1. The molecule has 2 atom stereocenters. The number of carbonyl (C=O) groups is 1. The van der Waals surface area contributed by atoms with Crippen LogP contribution in [-0.2, 0) is 4.79 Å². The van der Waals surface area contributed by atoms with Crippen LogP contribution in [0.1, 0.15) is 52.9 Å². The van der Waals surface area contributed by atoms with Crippen LogP contribution in [-0.4, -0.2) is 77.3 Å². The topological polar surface area (TPSA) is 26.8 Å². The highest BCUT2D eigenvalue weighted by Crippen LogP contribution is 2.28.